The van der Waals surface area contributed by atoms with Crippen molar-refractivity contribution >= 4 is 34.8 Å². The molecule has 128 valence electrons. The molecule has 2 aromatic rings. The third-order valence-electron chi connectivity index (χ3n) is 2.58. The number of aryl methyl sites for hydroxylation is 2. The van der Waals surface area contributed by atoms with Gasteiger partial charge in [0.1, 0.15) is 24.8 Å². The lowest BCUT2D eigenvalue weighted by Gasteiger charge is -2.23. The number of Topliss-reactive ketones (excluding diaryl/α,β-unsaturated/α-hetero) is 2. The van der Waals surface area contributed by atoms with Gasteiger partial charge in [-0.2, -0.15) is 0 Å². The van der Waals surface area contributed by atoms with E-state index in [0.717, 1.165) is 11.6 Å². The molecule has 10 heteroatoms. The molecule has 8 nitrogen and oxygen atoms in total. The maximum atomic E-state index is 10.7. The molecule has 2 heterocycles. The second kappa shape index (κ2) is 8.90. The summed E-state index contributed by atoms with van der Waals surface area (Å²) < 4.78 is 0. The monoisotopic (exact) mass is 372 g/mol. The van der Waals surface area contributed by atoms with Crippen molar-refractivity contribution in [3.8, 4) is 0 Å². The van der Waals surface area contributed by atoms with E-state index in [-0.39, 0.29) is 0 Å². The van der Waals surface area contributed by atoms with Crippen LogP contribution in [0.2, 0.25) is 0 Å². The van der Waals surface area contributed by atoms with Crippen molar-refractivity contribution in [2.45, 2.75) is 13.8 Å². The van der Waals surface area contributed by atoms with E-state index in [1.54, 1.807) is 0 Å². The summed E-state index contributed by atoms with van der Waals surface area (Å²) >= 11 is 10.2. The zero-order chi connectivity index (χ0) is 18.3. The number of H-pyrrole nitrogens is 4. The SMILES string of the molecule is Cc1[nH]cc[nH+]1.Cc1[nH]cc[nH+]1.O=C1C([O-])=C(Cl)C(=O)C([O-])=C1Cl. The van der Waals surface area contributed by atoms with Crippen LogP contribution in [0.15, 0.2) is 46.4 Å². The maximum absolute atomic E-state index is 10.7. The molecule has 0 unspecified atom stereocenters. The van der Waals surface area contributed by atoms with Crippen LogP contribution in [-0.2, 0) is 9.59 Å². The molecule has 0 radical (unpaired) electrons. The Morgan fingerprint density at radius 3 is 1.33 bits per heavy atom. The van der Waals surface area contributed by atoms with Crippen LogP contribution in [-0.4, -0.2) is 21.5 Å². The third-order valence-corrected chi connectivity index (χ3v) is 3.26. The number of nitrogens with one attached hydrogen (secondary N) is 4. The minimum absolute atomic E-state index is 0.894. The van der Waals surface area contributed by atoms with Gasteiger partial charge >= 0.3 is 0 Å². The number of carbonyl (C=O) groups is 2. The van der Waals surface area contributed by atoms with Crippen molar-refractivity contribution in [2.75, 3.05) is 0 Å². The van der Waals surface area contributed by atoms with Crippen molar-refractivity contribution < 1.29 is 29.8 Å². The molecule has 1 aliphatic carbocycles. The van der Waals surface area contributed by atoms with E-state index in [0.29, 0.717) is 0 Å². The number of imidazole rings is 2. The highest BCUT2D eigenvalue weighted by Crippen LogP contribution is 2.23. The van der Waals surface area contributed by atoms with Gasteiger partial charge in [0, 0.05) is 13.8 Å². The summed E-state index contributed by atoms with van der Waals surface area (Å²) in [5, 5.41) is 19.6. The summed E-state index contributed by atoms with van der Waals surface area (Å²) in [7, 11) is 0. The van der Waals surface area contributed by atoms with E-state index >= 15 is 0 Å². The predicted octanol–water partition coefficient (Wildman–Crippen LogP) is -0.966. The molecular weight excluding hydrogens is 359 g/mol. The standard InChI is InChI=1S/C6H2Cl2O4.2C4H6N2/c7-1-3(9)5(11)2(8)6(12)4(1)10;2*1-4-5-2-3-6-4/h9,12H;2*2-3H,1H3,(H,5,6). The van der Waals surface area contributed by atoms with E-state index in [9.17, 15) is 19.8 Å². The molecule has 0 saturated carbocycles. The third kappa shape index (κ3) is 5.25. The molecule has 4 N–H and O–H groups in total. The van der Waals surface area contributed by atoms with E-state index in [2.05, 4.69) is 19.9 Å². The van der Waals surface area contributed by atoms with Gasteiger partial charge < -0.3 is 10.2 Å². The number of allylic oxidation sites excluding steroid dienone is 2. The number of aromatic amines is 4. The molecule has 3 rings (SSSR count). The summed E-state index contributed by atoms with van der Waals surface area (Å²) in [5.41, 5.74) is 0. The summed E-state index contributed by atoms with van der Waals surface area (Å²) in [5.74, 6) is -2.74. The average molecular weight is 373 g/mol. The lowest BCUT2D eigenvalue weighted by Crippen LogP contribution is -2.31. The fourth-order valence-corrected chi connectivity index (χ4v) is 1.70. The number of hydrogen-bond donors (Lipinski definition) is 2. The Hall–Kier alpha value is -2.58. The highest BCUT2D eigenvalue weighted by Gasteiger charge is 2.22. The van der Waals surface area contributed by atoms with Gasteiger partial charge in [-0.3, -0.25) is 9.59 Å². The molecule has 0 bridgehead atoms. The summed E-state index contributed by atoms with van der Waals surface area (Å²) in [6.45, 7) is 3.94. The van der Waals surface area contributed by atoms with Gasteiger partial charge in [0.15, 0.2) is 11.6 Å². The normalized spacial score (nSPS) is 14.0. The zero-order valence-electron chi connectivity index (χ0n) is 12.7. The van der Waals surface area contributed by atoms with Gasteiger partial charge in [-0.15, -0.1) is 0 Å². The Kier molecular flexibility index (Phi) is 7.22. The van der Waals surface area contributed by atoms with Crippen molar-refractivity contribution in [3.63, 3.8) is 0 Å². The van der Waals surface area contributed by atoms with Crippen LogP contribution in [0.3, 0.4) is 0 Å². The molecule has 0 aromatic carbocycles. The fraction of sp³-hybridized carbons (Fsp3) is 0.143. The number of aromatic nitrogens is 4. The van der Waals surface area contributed by atoms with Crippen LogP contribution in [0.4, 0.5) is 0 Å². The Morgan fingerprint density at radius 2 is 1.17 bits per heavy atom. The first-order chi connectivity index (χ1) is 11.3. The van der Waals surface area contributed by atoms with Gasteiger partial charge in [0.25, 0.3) is 0 Å². The van der Waals surface area contributed by atoms with E-state index in [4.69, 9.17) is 23.2 Å². The molecule has 1 aliphatic rings. The van der Waals surface area contributed by atoms with Crippen molar-refractivity contribution in [1.29, 1.82) is 0 Å². The average Bonchev–Trinajstić information content (AvgIpc) is 3.24. The largest absolute Gasteiger partial charge is 0.869 e. The minimum atomic E-state index is -1.23. The number of ketones is 2. The smallest absolute Gasteiger partial charge is 0.248 e. The molecule has 0 saturated heterocycles. The molecule has 24 heavy (non-hydrogen) atoms. The quantitative estimate of drug-likeness (QED) is 0.574. The van der Waals surface area contributed by atoms with Crippen LogP contribution < -0.4 is 20.2 Å². The highest BCUT2D eigenvalue weighted by molar-refractivity contribution is 6.55. The Labute approximate surface area is 146 Å². The topological polar surface area (TPSA) is 140 Å². The lowest BCUT2D eigenvalue weighted by molar-refractivity contribution is -0.385. The Morgan fingerprint density at radius 1 is 0.833 bits per heavy atom. The minimum Gasteiger partial charge on any atom is -0.869 e. The van der Waals surface area contributed by atoms with Crippen LogP contribution in [0.1, 0.15) is 11.6 Å². The highest BCUT2D eigenvalue weighted by atomic mass is 35.5. The molecule has 0 aliphatic heterocycles. The zero-order valence-corrected chi connectivity index (χ0v) is 14.2. The van der Waals surface area contributed by atoms with Crippen molar-refractivity contribution in [2.24, 2.45) is 0 Å². The number of hydrogen-bond acceptors (Lipinski definition) is 4. The molecule has 0 fully saturated rings. The predicted molar refractivity (Wildman–Crippen MR) is 79.9 cm³/mol. The van der Waals surface area contributed by atoms with Gasteiger partial charge in [0.05, 0.1) is 10.1 Å². The molecule has 2 aromatic heterocycles. The first-order valence-corrected chi connectivity index (χ1v) is 7.27. The molecule has 0 atom stereocenters. The van der Waals surface area contributed by atoms with Gasteiger partial charge in [0.2, 0.25) is 11.6 Å². The number of halogens is 2. The Bertz CT molecular complexity index is 671. The first-order valence-electron chi connectivity index (χ1n) is 6.52. The van der Waals surface area contributed by atoms with E-state index in [1.165, 1.54) is 0 Å². The maximum Gasteiger partial charge on any atom is 0.248 e. The van der Waals surface area contributed by atoms with Gasteiger partial charge in [-0.1, -0.05) is 23.2 Å². The number of rotatable bonds is 0. The molecule has 0 spiro atoms. The first kappa shape index (κ1) is 19.5. The Balaban J connectivity index is 0.000000200. The van der Waals surface area contributed by atoms with Crippen molar-refractivity contribution in [3.05, 3.63) is 58.0 Å². The number of carbonyl (C=O) groups excluding carboxylic acids is 2. The summed E-state index contributed by atoms with van der Waals surface area (Å²) in [6, 6.07) is 0. The van der Waals surface area contributed by atoms with E-state index in [1.807, 2.05) is 38.6 Å². The van der Waals surface area contributed by atoms with Crippen molar-refractivity contribution in [1.82, 2.24) is 9.97 Å². The van der Waals surface area contributed by atoms with Gasteiger partial charge in [-0.05, 0) is 11.5 Å². The molecule has 0 amide bonds. The second-order valence-corrected chi connectivity index (χ2v) is 5.19. The van der Waals surface area contributed by atoms with E-state index < -0.39 is 33.1 Å². The summed E-state index contributed by atoms with van der Waals surface area (Å²) in [6.07, 6.45) is 7.43. The summed E-state index contributed by atoms with van der Waals surface area (Å²) in [4.78, 5) is 33.2. The molecular formula is C14H14Cl2N4O4. The second-order valence-electron chi connectivity index (χ2n) is 4.44. The van der Waals surface area contributed by atoms with Gasteiger partial charge in [-0.25, -0.2) is 19.9 Å². The van der Waals surface area contributed by atoms with Crippen LogP contribution in [0.5, 0.6) is 0 Å². The van der Waals surface area contributed by atoms with Crippen LogP contribution >= 0.6 is 23.2 Å². The lowest BCUT2D eigenvalue weighted by atomic mass is 10.1. The fourth-order valence-electron chi connectivity index (χ4n) is 1.35. The van der Waals surface area contributed by atoms with Crippen LogP contribution in [0, 0.1) is 13.8 Å². The van der Waals surface area contributed by atoms with Crippen LogP contribution in [0.25, 0.3) is 0 Å².